The molecule has 0 saturated carbocycles. The van der Waals surface area contributed by atoms with E-state index in [-0.39, 0.29) is 18.4 Å². The number of aromatic nitrogens is 3. The molecule has 1 unspecified atom stereocenters. The maximum Gasteiger partial charge on any atom is 0.269 e. The highest BCUT2D eigenvalue weighted by molar-refractivity contribution is 7.20. The highest BCUT2D eigenvalue weighted by Crippen LogP contribution is 2.33. The molecule has 0 aliphatic carbocycles. The molecule has 0 spiro atoms. The quantitative estimate of drug-likeness (QED) is 0.551. The van der Waals surface area contributed by atoms with Crippen LogP contribution in [0.3, 0.4) is 0 Å². The number of hydrogen-bond donors (Lipinski definition) is 1. The number of benzene rings is 2. The van der Waals surface area contributed by atoms with Crippen LogP contribution in [0, 0.1) is 0 Å². The van der Waals surface area contributed by atoms with Gasteiger partial charge in [-0.3, -0.25) is 14.9 Å². The van der Waals surface area contributed by atoms with Gasteiger partial charge in [-0.25, -0.2) is 9.50 Å². The van der Waals surface area contributed by atoms with Gasteiger partial charge in [0.2, 0.25) is 16.0 Å². The van der Waals surface area contributed by atoms with Crippen molar-refractivity contribution in [2.75, 3.05) is 16.8 Å². The van der Waals surface area contributed by atoms with Crippen LogP contribution in [0.1, 0.15) is 6.92 Å². The van der Waals surface area contributed by atoms with Crippen LogP contribution >= 0.6 is 11.3 Å². The van der Waals surface area contributed by atoms with Crippen LogP contribution in [0.4, 0.5) is 10.8 Å². The van der Waals surface area contributed by atoms with Crippen LogP contribution in [0.5, 0.6) is 5.75 Å². The molecule has 2 amide bonds. The summed E-state index contributed by atoms with van der Waals surface area (Å²) in [6.45, 7) is 1.61. The molecule has 8 nitrogen and oxygen atoms in total. The van der Waals surface area contributed by atoms with Crippen molar-refractivity contribution in [2.24, 2.45) is 0 Å². The Morgan fingerprint density at radius 3 is 2.67 bits per heavy atom. The fourth-order valence-electron chi connectivity index (χ4n) is 3.35. The zero-order valence-corrected chi connectivity index (χ0v) is 16.8. The van der Waals surface area contributed by atoms with Crippen LogP contribution in [0.15, 0.2) is 60.8 Å². The molecule has 1 aliphatic rings. The number of carbonyl (C=O) groups excluding carboxylic acids is 2. The average molecular weight is 419 g/mol. The Balaban J connectivity index is 1.34. The number of anilines is 2. The predicted molar refractivity (Wildman–Crippen MR) is 114 cm³/mol. The van der Waals surface area contributed by atoms with Gasteiger partial charge < -0.3 is 9.64 Å². The van der Waals surface area contributed by atoms with Gasteiger partial charge in [0, 0.05) is 12.5 Å². The minimum atomic E-state index is -0.833. The van der Waals surface area contributed by atoms with Crippen molar-refractivity contribution in [3.63, 3.8) is 0 Å². The van der Waals surface area contributed by atoms with Crippen LogP contribution in [0.25, 0.3) is 16.2 Å². The number of amides is 2. The lowest BCUT2D eigenvalue weighted by Crippen LogP contribution is -2.48. The summed E-state index contributed by atoms with van der Waals surface area (Å²) in [7, 11) is 0. The van der Waals surface area contributed by atoms with E-state index in [2.05, 4.69) is 15.4 Å². The molecule has 30 heavy (non-hydrogen) atoms. The molecule has 1 aliphatic heterocycles. The SMILES string of the molecule is CC(=O)N1CC(C(=O)Nc2nn3cc(-c4ccccc4)nc3s2)Oc2ccccc21. The Morgan fingerprint density at radius 1 is 1.13 bits per heavy atom. The average Bonchev–Trinajstić information content (AvgIpc) is 3.32. The summed E-state index contributed by atoms with van der Waals surface area (Å²) >= 11 is 1.27. The minimum Gasteiger partial charge on any atom is -0.476 e. The van der Waals surface area contributed by atoms with Crippen LogP contribution in [-0.4, -0.2) is 39.1 Å². The van der Waals surface area contributed by atoms with Crippen molar-refractivity contribution >= 4 is 38.9 Å². The standard InChI is InChI=1S/C21H17N5O3S/c1-13(27)25-12-18(29-17-10-6-5-9-16(17)25)19(28)23-20-24-26-11-15(22-21(26)30-20)14-7-3-2-4-8-14/h2-11,18H,12H2,1H3,(H,23,24,28). The Hall–Kier alpha value is -3.72. The van der Waals surface area contributed by atoms with Gasteiger partial charge in [0.15, 0.2) is 6.10 Å². The van der Waals surface area contributed by atoms with E-state index < -0.39 is 6.10 Å². The van der Waals surface area contributed by atoms with E-state index in [1.165, 1.54) is 18.3 Å². The van der Waals surface area contributed by atoms with Gasteiger partial charge in [-0.05, 0) is 12.1 Å². The molecule has 3 heterocycles. The molecule has 1 N–H and O–H groups in total. The van der Waals surface area contributed by atoms with Gasteiger partial charge in [-0.15, -0.1) is 5.10 Å². The molecule has 0 saturated heterocycles. The number of ether oxygens (including phenoxy) is 1. The van der Waals surface area contributed by atoms with E-state index in [9.17, 15) is 9.59 Å². The van der Waals surface area contributed by atoms with E-state index in [1.54, 1.807) is 27.6 Å². The van der Waals surface area contributed by atoms with Gasteiger partial charge >= 0.3 is 0 Å². The third kappa shape index (κ3) is 3.29. The lowest BCUT2D eigenvalue weighted by Gasteiger charge is -2.33. The van der Waals surface area contributed by atoms with Crippen molar-refractivity contribution in [2.45, 2.75) is 13.0 Å². The van der Waals surface area contributed by atoms with Gasteiger partial charge in [0.25, 0.3) is 5.91 Å². The maximum atomic E-state index is 12.8. The Kier molecular flexibility index (Phi) is 4.44. The van der Waals surface area contributed by atoms with E-state index in [0.717, 1.165) is 11.3 Å². The van der Waals surface area contributed by atoms with Crippen molar-refractivity contribution in [1.82, 2.24) is 14.6 Å². The molecular formula is C21H17N5O3S. The molecule has 0 bridgehead atoms. The molecule has 150 valence electrons. The van der Waals surface area contributed by atoms with Gasteiger partial charge in [0.05, 0.1) is 24.1 Å². The van der Waals surface area contributed by atoms with Crippen LogP contribution in [0.2, 0.25) is 0 Å². The summed E-state index contributed by atoms with van der Waals surface area (Å²) in [5.41, 5.74) is 2.48. The fourth-order valence-corrected chi connectivity index (χ4v) is 4.14. The molecule has 1 atom stereocenters. The summed E-state index contributed by atoms with van der Waals surface area (Å²) in [5.74, 6) is -0.0127. The number of carbonyl (C=O) groups is 2. The Labute approximate surface area is 175 Å². The monoisotopic (exact) mass is 419 g/mol. The molecular weight excluding hydrogens is 402 g/mol. The summed E-state index contributed by atoms with van der Waals surface area (Å²) < 4.78 is 7.47. The summed E-state index contributed by atoms with van der Waals surface area (Å²) in [4.78, 5) is 31.6. The van der Waals surface area contributed by atoms with E-state index in [0.29, 0.717) is 21.5 Å². The first kappa shape index (κ1) is 18.3. The number of nitrogens with zero attached hydrogens (tertiary/aromatic N) is 4. The largest absolute Gasteiger partial charge is 0.476 e. The maximum absolute atomic E-state index is 12.8. The second kappa shape index (κ2) is 7.27. The van der Waals surface area contributed by atoms with Crippen molar-refractivity contribution in [3.8, 4) is 17.0 Å². The number of fused-ring (bicyclic) bond motifs is 2. The molecule has 9 heteroatoms. The number of nitrogens with one attached hydrogen (secondary N) is 1. The van der Waals surface area contributed by atoms with Gasteiger partial charge in [-0.1, -0.05) is 53.8 Å². The first-order valence-corrected chi connectivity index (χ1v) is 10.2. The Morgan fingerprint density at radius 2 is 1.90 bits per heavy atom. The number of para-hydroxylation sites is 2. The lowest BCUT2D eigenvalue weighted by molar-refractivity contribution is -0.123. The lowest BCUT2D eigenvalue weighted by atomic mass is 10.2. The van der Waals surface area contributed by atoms with Gasteiger partial charge in [0.1, 0.15) is 5.75 Å². The minimum absolute atomic E-state index is 0.138. The fraction of sp³-hybridized carbons (Fsp3) is 0.143. The first-order valence-electron chi connectivity index (χ1n) is 9.35. The number of imidazole rings is 1. The van der Waals surface area contributed by atoms with Crippen molar-refractivity contribution in [3.05, 3.63) is 60.8 Å². The molecule has 2 aromatic carbocycles. The van der Waals surface area contributed by atoms with Crippen molar-refractivity contribution in [1.29, 1.82) is 0 Å². The molecule has 2 aromatic heterocycles. The van der Waals surface area contributed by atoms with Crippen molar-refractivity contribution < 1.29 is 14.3 Å². The zero-order valence-electron chi connectivity index (χ0n) is 16.0. The predicted octanol–water partition coefficient (Wildman–Crippen LogP) is 3.21. The zero-order chi connectivity index (χ0) is 20.7. The third-order valence-electron chi connectivity index (χ3n) is 4.79. The van der Waals surface area contributed by atoms with Gasteiger partial charge in [-0.2, -0.15) is 0 Å². The highest BCUT2D eigenvalue weighted by Gasteiger charge is 2.33. The van der Waals surface area contributed by atoms with E-state index >= 15 is 0 Å². The van der Waals surface area contributed by atoms with E-state index in [4.69, 9.17) is 4.74 Å². The normalized spacial score (nSPS) is 15.5. The highest BCUT2D eigenvalue weighted by atomic mass is 32.1. The topological polar surface area (TPSA) is 88.8 Å². The van der Waals surface area contributed by atoms with Crippen LogP contribution < -0.4 is 15.0 Å². The Bertz CT molecular complexity index is 1220. The van der Waals surface area contributed by atoms with E-state index in [1.807, 2.05) is 42.6 Å². The second-order valence-corrected chi connectivity index (χ2v) is 7.78. The molecule has 5 rings (SSSR count). The molecule has 0 radical (unpaired) electrons. The van der Waals surface area contributed by atoms with Crippen LogP contribution in [-0.2, 0) is 9.59 Å². The molecule has 4 aromatic rings. The number of rotatable bonds is 3. The summed E-state index contributed by atoms with van der Waals surface area (Å²) in [6, 6.07) is 17.0. The summed E-state index contributed by atoms with van der Waals surface area (Å²) in [6.07, 6.45) is 0.988. The number of hydrogen-bond acceptors (Lipinski definition) is 6. The first-order chi connectivity index (χ1) is 14.6. The summed E-state index contributed by atoms with van der Waals surface area (Å²) in [5, 5.41) is 7.59. The smallest absolute Gasteiger partial charge is 0.269 e. The second-order valence-electron chi connectivity index (χ2n) is 6.82. The third-order valence-corrected chi connectivity index (χ3v) is 5.63. The molecule has 0 fully saturated rings.